The topological polar surface area (TPSA) is 58.3 Å². The Kier molecular flexibility index (Phi) is 4.93. The van der Waals surface area contributed by atoms with Crippen LogP contribution in [0.15, 0.2) is 42.7 Å². The molecule has 0 fully saturated rings. The second-order valence-electron chi connectivity index (χ2n) is 5.43. The normalized spacial score (nSPS) is 11.8. The molecule has 0 spiro atoms. The van der Waals surface area contributed by atoms with Crippen molar-refractivity contribution in [2.45, 2.75) is 19.3 Å². The maximum Gasteiger partial charge on any atom is 0.108 e. The quantitative estimate of drug-likeness (QED) is 0.805. The molecular formula is C16H22N2O2. The zero-order valence-electron chi connectivity index (χ0n) is 11.9. The molecular weight excluding hydrogens is 252 g/mol. The fourth-order valence-electron chi connectivity index (χ4n) is 2.45. The molecule has 0 amide bonds. The molecule has 0 aliphatic heterocycles. The molecule has 0 unspecified atom stereocenters. The largest absolute Gasteiger partial charge is 0.396 e. The molecule has 0 aliphatic carbocycles. The Morgan fingerprint density at radius 1 is 1.15 bits per heavy atom. The van der Waals surface area contributed by atoms with Gasteiger partial charge in [-0.05, 0) is 18.4 Å². The standard InChI is InChI=1S/C16H22N2O2/c1-18-10-9-17-15(18)7-8-16(12-19,13-20)11-14-5-3-2-4-6-14/h2-6,9-10,19-20H,7-8,11-13H2,1H3. The third-order valence-corrected chi connectivity index (χ3v) is 3.89. The van der Waals surface area contributed by atoms with Gasteiger partial charge in [-0.3, -0.25) is 0 Å². The summed E-state index contributed by atoms with van der Waals surface area (Å²) in [5, 5.41) is 19.5. The number of hydrogen-bond acceptors (Lipinski definition) is 3. The van der Waals surface area contributed by atoms with Gasteiger partial charge in [-0.25, -0.2) is 4.98 Å². The highest BCUT2D eigenvalue weighted by Crippen LogP contribution is 2.28. The molecule has 4 heteroatoms. The van der Waals surface area contributed by atoms with Crippen LogP contribution in [-0.4, -0.2) is 33.0 Å². The van der Waals surface area contributed by atoms with Crippen LogP contribution in [0.25, 0.3) is 0 Å². The van der Waals surface area contributed by atoms with Gasteiger partial charge in [0.1, 0.15) is 5.82 Å². The van der Waals surface area contributed by atoms with Gasteiger partial charge in [0.2, 0.25) is 0 Å². The molecule has 1 aromatic heterocycles. The fraction of sp³-hybridized carbons (Fsp3) is 0.438. The first kappa shape index (κ1) is 14.8. The van der Waals surface area contributed by atoms with E-state index < -0.39 is 5.41 Å². The minimum absolute atomic E-state index is 0.0250. The van der Waals surface area contributed by atoms with Crippen LogP contribution in [0.5, 0.6) is 0 Å². The lowest BCUT2D eigenvalue weighted by Crippen LogP contribution is -2.33. The fourth-order valence-corrected chi connectivity index (χ4v) is 2.45. The van der Waals surface area contributed by atoms with Gasteiger partial charge in [0, 0.05) is 31.3 Å². The lowest BCUT2D eigenvalue weighted by atomic mass is 9.79. The van der Waals surface area contributed by atoms with Gasteiger partial charge in [-0.2, -0.15) is 0 Å². The van der Waals surface area contributed by atoms with Crippen molar-refractivity contribution in [3.05, 3.63) is 54.1 Å². The summed E-state index contributed by atoms with van der Waals surface area (Å²) in [5.41, 5.74) is 0.642. The van der Waals surface area contributed by atoms with Crippen molar-refractivity contribution in [2.75, 3.05) is 13.2 Å². The SMILES string of the molecule is Cn1ccnc1CCC(CO)(CO)Cc1ccccc1. The Labute approximate surface area is 119 Å². The van der Waals surface area contributed by atoms with Crippen LogP contribution in [-0.2, 0) is 19.9 Å². The van der Waals surface area contributed by atoms with Gasteiger partial charge in [-0.1, -0.05) is 30.3 Å². The zero-order chi connectivity index (χ0) is 14.4. The van der Waals surface area contributed by atoms with E-state index in [1.165, 1.54) is 0 Å². The van der Waals surface area contributed by atoms with Crippen molar-refractivity contribution in [1.29, 1.82) is 0 Å². The van der Waals surface area contributed by atoms with E-state index in [4.69, 9.17) is 0 Å². The molecule has 0 aliphatic rings. The predicted molar refractivity (Wildman–Crippen MR) is 78.3 cm³/mol. The number of aliphatic hydroxyl groups excluding tert-OH is 2. The second-order valence-corrected chi connectivity index (χ2v) is 5.43. The van der Waals surface area contributed by atoms with Crippen molar-refractivity contribution < 1.29 is 10.2 Å². The Morgan fingerprint density at radius 2 is 1.85 bits per heavy atom. The summed E-state index contributed by atoms with van der Waals surface area (Å²) in [7, 11) is 1.96. The molecule has 1 heterocycles. The summed E-state index contributed by atoms with van der Waals surface area (Å²) < 4.78 is 1.97. The first-order valence-corrected chi connectivity index (χ1v) is 6.91. The average molecular weight is 274 g/mol. The average Bonchev–Trinajstić information content (AvgIpc) is 2.90. The summed E-state index contributed by atoms with van der Waals surface area (Å²) in [6, 6.07) is 9.99. The molecule has 2 N–H and O–H groups in total. The number of aromatic nitrogens is 2. The van der Waals surface area contributed by atoms with Crippen LogP contribution < -0.4 is 0 Å². The summed E-state index contributed by atoms with van der Waals surface area (Å²) in [4.78, 5) is 4.29. The molecule has 1 aromatic carbocycles. The van der Waals surface area contributed by atoms with Gasteiger partial charge in [-0.15, -0.1) is 0 Å². The highest BCUT2D eigenvalue weighted by atomic mass is 16.3. The third-order valence-electron chi connectivity index (χ3n) is 3.89. The predicted octanol–water partition coefficient (Wildman–Crippen LogP) is 1.57. The zero-order valence-corrected chi connectivity index (χ0v) is 11.9. The molecule has 0 bridgehead atoms. The van der Waals surface area contributed by atoms with E-state index in [-0.39, 0.29) is 13.2 Å². The van der Waals surface area contributed by atoms with Crippen LogP contribution in [0, 0.1) is 5.41 Å². The highest BCUT2D eigenvalue weighted by Gasteiger charge is 2.29. The number of rotatable bonds is 7. The van der Waals surface area contributed by atoms with Gasteiger partial charge in [0.15, 0.2) is 0 Å². The molecule has 0 atom stereocenters. The number of hydrogen-bond donors (Lipinski definition) is 2. The molecule has 0 radical (unpaired) electrons. The minimum Gasteiger partial charge on any atom is -0.396 e. The van der Waals surface area contributed by atoms with E-state index in [2.05, 4.69) is 4.98 Å². The van der Waals surface area contributed by atoms with E-state index in [0.717, 1.165) is 17.8 Å². The Morgan fingerprint density at radius 3 is 2.40 bits per heavy atom. The highest BCUT2D eigenvalue weighted by molar-refractivity contribution is 5.17. The molecule has 0 saturated heterocycles. The first-order chi connectivity index (χ1) is 9.69. The summed E-state index contributed by atoms with van der Waals surface area (Å²) in [6.07, 6.45) is 5.81. The molecule has 0 saturated carbocycles. The minimum atomic E-state index is -0.493. The maximum atomic E-state index is 9.75. The van der Waals surface area contributed by atoms with Gasteiger partial charge in [0.05, 0.1) is 13.2 Å². The molecule has 2 rings (SSSR count). The van der Waals surface area contributed by atoms with Gasteiger partial charge in [0.25, 0.3) is 0 Å². The van der Waals surface area contributed by atoms with E-state index in [9.17, 15) is 10.2 Å². The molecule has 2 aromatic rings. The van der Waals surface area contributed by atoms with E-state index in [1.807, 2.05) is 48.1 Å². The number of nitrogens with zero attached hydrogens (tertiary/aromatic N) is 2. The maximum absolute atomic E-state index is 9.75. The van der Waals surface area contributed by atoms with Crippen LogP contribution >= 0.6 is 0 Å². The monoisotopic (exact) mass is 274 g/mol. The van der Waals surface area contributed by atoms with Crippen LogP contribution in [0.2, 0.25) is 0 Å². The van der Waals surface area contributed by atoms with E-state index in [1.54, 1.807) is 6.20 Å². The van der Waals surface area contributed by atoms with Gasteiger partial charge < -0.3 is 14.8 Å². The number of aryl methyl sites for hydroxylation is 2. The molecule has 20 heavy (non-hydrogen) atoms. The smallest absolute Gasteiger partial charge is 0.108 e. The number of imidazole rings is 1. The van der Waals surface area contributed by atoms with E-state index in [0.29, 0.717) is 12.8 Å². The number of aliphatic hydroxyl groups is 2. The summed E-state index contributed by atoms with van der Waals surface area (Å²) in [6.45, 7) is -0.0500. The Bertz CT molecular complexity index is 518. The third kappa shape index (κ3) is 3.46. The lowest BCUT2D eigenvalue weighted by molar-refractivity contribution is 0.0469. The van der Waals surface area contributed by atoms with Crippen molar-refractivity contribution >= 4 is 0 Å². The summed E-state index contributed by atoms with van der Waals surface area (Å²) >= 11 is 0. The van der Waals surface area contributed by atoms with Crippen molar-refractivity contribution in [2.24, 2.45) is 12.5 Å². The van der Waals surface area contributed by atoms with Crippen LogP contribution in [0.3, 0.4) is 0 Å². The first-order valence-electron chi connectivity index (χ1n) is 6.91. The lowest BCUT2D eigenvalue weighted by Gasteiger charge is -2.30. The molecule has 4 nitrogen and oxygen atoms in total. The van der Waals surface area contributed by atoms with Crippen molar-refractivity contribution in [3.63, 3.8) is 0 Å². The van der Waals surface area contributed by atoms with Crippen molar-refractivity contribution in [1.82, 2.24) is 9.55 Å². The summed E-state index contributed by atoms with van der Waals surface area (Å²) in [5.74, 6) is 0.976. The van der Waals surface area contributed by atoms with Crippen molar-refractivity contribution in [3.8, 4) is 0 Å². The Balaban J connectivity index is 2.07. The van der Waals surface area contributed by atoms with Gasteiger partial charge >= 0.3 is 0 Å². The van der Waals surface area contributed by atoms with Crippen LogP contribution in [0.4, 0.5) is 0 Å². The molecule has 108 valence electrons. The van der Waals surface area contributed by atoms with Crippen LogP contribution in [0.1, 0.15) is 17.8 Å². The van der Waals surface area contributed by atoms with E-state index >= 15 is 0 Å². The number of benzene rings is 1. The Hall–Kier alpha value is -1.65. The second kappa shape index (κ2) is 6.68.